The largest absolute Gasteiger partial charge is 0.493 e. The summed E-state index contributed by atoms with van der Waals surface area (Å²) < 4.78 is 16.7. The third kappa shape index (κ3) is 3.33. The van der Waals surface area contributed by atoms with E-state index in [9.17, 15) is 9.90 Å². The lowest BCUT2D eigenvalue weighted by molar-refractivity contribution is 0.0808. The van der Waals surface area contributed by atoms with Crippen molar-refractivity contribution >= 4 is 6.09 Å². The Kier molecular flexibility index (Phi) is 5.21. The van der Waals surface area contributed by atoms with Crippen molar-refractivity contribution in [3.63, 3.8) is 0 Å². The van der Waals surface area contributed by atoms with Crippen LogP contribution in [-0.2, 0) is 16.7 Å². The number of hydrogen-bond acceptors (Lipinski definition) is 6. The van der Waals surface area contributed by atoms with Gasteiger partial charge in [-0.15, -0.1) is 0 Å². The summed E-state index contributed by atoms with van der Waals surface area (Å²) in [4.78, 5) is 13.1. The third-order valence-electron chi connectivity index (χ3n) is 6.15. The van der Waals surface area contributed by atoms with E-state index in [1.807, 2.05) is 12.1 Å². The van der Waals surface area contributed by atoms with E-state index in [-0.39, 0.29) is 11.5 Å². The zero-order valence-electron chi connectivity index (χ0n) is 16.2. The summed E-state index contributed by atoms with van der Waals surface area (Å²) in [6.45, 7) is 3.07. The van der Waals surface area contributed by atoms with Gasteiger partial charge in [-0.05, 0) is 44.0 Å². The maximum atomic E-state index is 10.7. The molecule has 1 aliphatic carbocycles. The van der Waals surface area contributed by atoms with E-state index in [0.717, 1.165) is 50.4 Å². The van der Waals surface area contributed by atoms with Crippen molar-refractivity contribution in [3.8, 4) is 11.5 Å². The number of amides is 1. The lowest BCUT2D eigenvalue weighted by Gasteiger charge is -2.35. The number of hydrogen-bond donors (Lipinski definition) is 2. The van der Waals surface area contributed by atoms with Crippen LogP contribution in [-0.4, -0.2) is 55.1 Å². The van der Waals surface area contributed by atoms with Crippen molar-refractivity contribution in [3.05, 3.63) is 35.4 Å². The second kappa shape index (κ2) is 7.64. The molecule has 1 spiro atoms. The van der Waals surface area contributed by atoms with Gasteiger partial charge < -0.3 is 25.1 Å². The number of methoxy groups -OCH3 is 1. The lowest BCUT2D eigenvalue weighted by Crippen LogP contribution is -2.43. The molecule has 7 nitrogen and oxygen atoms in total. The van der Waals surface area contributed by atoms with Gasteiger partial charge in [0.1, 0.15) is 6.10 Å². The van der Waals surface area contributed by atoms with Crippen molar-refractivity contribution in [2.24, 2.45) is 5.73 Å². The summed E-state index contributed by atoms with van der Waals surface area (Å²) in [5.74, 6) is 1.59. The molecule has 1 aromatic carbocycles. The lowest BCUT2D eigenvalue weighted by atomic mass is 9.69. The van der Waals surface area contributed by atoms with Crippen LogP contribution in [0.2, 0.25) is 0 Å². The molecular weight excluding hydrogens is 360 g/mol. The Labute approximate surface area is 165 Å². The molecule has 0 aromatic heterocycles. The van der Waals surface area contributed by atoms with Gasteiger partial charge >= 0.3 is 6.09 Å². The first-order chi connectivity index (χ1) is 13.5. The average molecular weight is 388 g/mol. The molecule has 7 heteroatoms. The molecule has 4 rings (SSSR count). The van der Waals surface area contributed by atoms with Gasteiger partial charge in [-0.1, -0.05) is 18.2 Å². The standard InChI is InChI=1S/C21H28N2O5/c1-26-16-5-4-14-13-23(9-2-3-11-27-20(22)25)10-8-21-7-6-15(24)12-17(21)28-19(16)18(14)21/h4-7,15,17,24H,2-3,8-13H2,1H3,(H2,22,25)/t15-,17-,21-/m0/s1. The normalized spacial score (nSPS) is 28.1. The number of benzene rings is 1. The Morgan fingerprint density at radius 1 is 1.43 bits per heavy atom. The summed E-state index contributed by atoms with van der Waals surface area (Å²) in [5, 5.41) is 10.1. The molecule has 3 N–H and O–H groups in total. The SMILES string of the molecule is COc1ccc2c3c1O[C@H]1C[C@@H](O)C=C[C@@]31CCN(CCCCOC(N)=O)C2. The molecule has 0 unspecified atom stereocenters. The number of nitrogens with zero attached hydrogens (tertiary/aromatic N) is 1. The van der Waals surface area contributed by atoms with E-state index in [1.54, 1.807) is 7.11 Å². The maximum absolute atomic E-state index is 10.7. The van der Waals surface area contributed by atoms with Crippen LogP contribution < -0.4 is 15.2 Å². The Balaban J connectivity index is 1.56. The topological polar surface area (TPSA) is 94.2 Å². The summed E-state index contributed by atoms with van der Waals surface area (Å²) >= 11 is 0. The van der Waals surface area contributed by atoms with Gasteiger partial charge in [0, 0.05) is 18.5 Å². The van der Waals surface area contributed by atoms with Crippen LogP contribution in [0.25, 0.3) is 0 Å². The van der Waals surface area contributed by atoms with E-state index in [1.165, 1.54) is 11.1 Å². The first kappa shape index (κ1) is 19.1. The second-order valence-corrected chi connectivity index (χ2v) is 7.84. The molecule has 28 heavy (non-hydrogen) atoms. The number of rotatable bonds is 6. The van der Waals surface area contributed by atoms with E-state index < -0.39 is 12.2 Å². The first-order valence-electron chi connectivity index (χ1n) is 9.92. The molecule has 0 saturated carbocycles. The number of aliphatic hydroxyl groups excluding tert-OH is 1. The molecular formula is C21H28N2O5. The fraction of sp³-hybridized carbons (Fsp3) is 0.571. The number of unbranched alkanes of at least 4 members (excludes halogenated alkanes) is 1. The zero-order chi connectivity index (χ0) is 19.7. The third-order valence-corrected chi connectivity index (χ3v) is 6.15. The van der Waals surface area contributed by atoms with Crippen molar-refractivity contribution in [1.82, 2.24) is 4.90 Å². The monoisotopic (exact) mass is 388 g/mol. The predicted molar refractivity (Wildman–Crippen MR) is 104 cm³/mol. The van der Waals surface area contributed by atoms with Crippen LogP contribution in [0, 0.1) is 0 Å². The molecule has 2 heterocycles. The van der Waals surface area contributed by atoms with Gasteiger partial charge in [0.15, 0.2) is 11.5 Å². The molecule has 1 amide bonds. The van der Waals surface area contributed by atoms with Crippen LogP contribution in [0.5, 0.6) is 11.5 Å². The minimum Gasteiger partial charge on any atom is -0.493 e. The van der Waals surface area contributed by atoms with E-state index >= 15 is 0 Å². The molecule has 0 saturated heterocycles. The number of aliphatic hydroxyl groups is 1. The van der Waals surface area contributed by atoms with Gasteiger partial charge in [-0.25, -0.2) is 4.79 Å². The van der Waals surface area contributed by atoms with Crippen LogP contribution in [0.4, 0.5) is 4.79 Å². The first-order valence-corrected chi connectivity index (χ1v) is 9.92. The summed E-state index contributed by atoms with van der Waals surface area (Å²) in [6, 6.07) is 4.11. The fourth-order valence-electron chi connectivity index (χ4n) is 4.80. The van der Waals surface area contributed by atoms with Gasteiger partial charge in [-0.2, -0.15) is 0 Å². The van der Waals surface area contributed by atoms with Gasteiger partial charge in [-0.3, -0.25) is 4.90 Å². The summed E-state index contributed by atoms with van der Waals surface area (Å²) in [6.07, 6.45) is 6.08. The molecule has 0 bridgehead atoms. The Bertz CT molecular complexity index is 780. The van der Waals surface area contributed by atoms with E-state index in [2.05, 4.69) is 17.0 Å². The summed E-state index contributed by atoms with van der Waals surface area (Å²) in [7, 11) is 1.66. The highest BCUT2D eigenvalue weighted by molar-refractivity contribution is 5.64. The van der Waals surface area contributed by atoms with Gasteiger partial charge in [0.25, 0.3) is 0 Å². The minimum absolute atomic E-state index is 0.0681. The zero-order valence-corrected chi connectivity index (χ0v) is 16.2. The van der Waals surface area contributed by atoms with Crippen molar-refractivity contribution < 1.29 is 24.1 Å². The van der Waals surface area contributed by atoms with Crippen LogP contribution in [0.1, 0.15) is 36.8 Å². The molecule has 152 valence electrons. The smallest absolute Gasteiger partial charge is 0.404 e. The molecule has 0 radical (unpaired) electrons. The Morgan fingerprint density at radius 2 is 2.29 bits per heavy atom. The molecule has 3 aliphatic rings. The van der Waals surface area contributed by atoms with E-state index in [0.29, 0.717) is 13.0 Å². The van der Waals surface area contributed by atoms with E-state index in [4.69, 9.17) is 19.9 Å². The van der Waals surface area contributed by atoms with Crippen molar-refractivity contribution in [2.75, 3.05) is 26.8 Å². The highest BCUT2D eigenvalue weighted by atomic mass is 16.5. The Hall–Kier alpha value is -2.25. The number of carbonyl (C=O) groups is 1. The van der Waals surface area contributed by atoms with Crippen LogP contribution >= 0.6 is 0 Å². The predicted octanol–water partition coefficient (Wildman–Crippen LogP) is 2.10. The number of nitrogens with two attached hydrogens (primary N) is 1. The van der Waals surface area contributed by atoms with Crippen LogP contribution in [0.15, 0.2) is 24.3 Å². The minimum atomic E-state index is -0.716. The Morgan fingerprint density at radius 3 is 3.07 bits per heavy atom. The number of ether oxygens (including phenoxy) is 3. The van der Waals surface area contributed by atoms with Gasteiger partial charge in [0.2, 0.25) is 0 Å². The molecule has 3 atom stereocenters. The average Bonchev–Trinajstić information content (AvgIpc) is 2.91. The molecule has 1 aromatic rings. The number of carbonyl (C=O) groups excluding carboxylic acids is 1. The maximum Gasteiger partial charge on any atom is 0.404 e. The highest BCUT2D eigenvalue weighted by Gasteiger charge is 2.52. The molecule has 0 fully saturated rings. The summed E-state index contributed by atoms with van der Waals surface area (Å²) in [5.41, 5.74) is 7.27. The second-order valence-electron chi connectivity index (χ2n) is 7.84. The fourth-order valence-corrected chi connectivity index (χ4v) is 4.80. The van der Waals surface area contributed by atoms with Crippen molar-refractivity contribution in [2.45, 2.75) is 49.9 Å². The highest BCUT2D eigenvalue weighted by Crippen LogP contribution is 2.55. The van der Waals surface area contributed by atoms with Crippen LogP contribution in [0.3, 0.4) is 0 Å². The quantitative estimate of drug-likeness (QED) is 0.573. The number of primary amides is 1. The molecule has 2 aliphatic heterocycles. The van der Waals surface area contributed by atoms with Gasteiger partial charge in [0.05, 0.1) is 25.2 Å². The van der Waals surface area contributed by atoms with Crippen molar-refractivity contribution in [1.29, 1.82) is 0 Å².